The summed E-state index contributed by atoms with van der Waals surface area (Å²) < 4.78 is 16.1. The van der Waals surface area contributed by atoms with Gasteiger partial charge in [-0.25, -0.2) is 4.39 Å². The van der Waals surface area contributed by atoms with Crippen molar-refractivity contribution in [2.24, 2.45) is 0 Å². The van der Waals surface area contributed by atoms with Gasteiger partial charge in [0.25, 0.3) is 0 Å². The first-order valence-electron chi connectivity index (χ1n) is 10.7. The molecule has 3 aromatic carbocycles. The van der Waals surface area contributed by atoms with E-state index in [1.165, 1.54) is 17.8 Å². The third-order valence-corrected chi connectivity index (χ3v) is 6.52. The van der Waals surface area contributed by atoms with E-state index < -0.39 is 5.25 Å². The maximum Gasteiger partial charge on any atom is 0.233 e. The van der Waals surface area contributed by atoms with E-state index in [0.717, 1.165) is 16.3 Å². The van der Waals surface area contributed by atoms with E-state index in [1.54, 1.807) is 28.8 Å². The van der Waals surface area contributed by atoms with Crippen molar-refractivity contribution in [3.8, 4) is 11.4 Å². The molecule has 2 atom stereocenters. The number of hydrogen-bond donors (Lipinski definition) is 1. The predicted octanol–water partition coefficient (Wildman–Crippen LogP) is 5.78. The summed E-state index contributed by atoms with van der Waals surface area (Å²) in [5, 5.41) is 13.9. The van der Waals surface area contributed by atoms with Crippen molar-refractivity contribution in [3.63, 3.8) is 0 Å². The highest BCUT2D eigenvalue weighted by Gasteiger charge is 2.23. The molecule has 1 N–H and O–H groups in total. The molecule has 0 radical (unpaired) electrons. The minimum absolute atomic E-state index is 0.110. The Kier molecular flexibility index (Phi) is 6.89. The first-order valence-corrected chi connectivity index (χ1v) is 11.6. The lowest BCUT2D eigenvalue weighted by atomic mass is 9.99. The number of nitrogens with zero attached hydrogens (tertiary/aromatic N) is 3. The largest absolute Gasteiger partial charge is 0.349 e. The number of thioether (sulfide) groups is 1. The second-order valence-electron chi connectivity index (χ2n) is 7.74. The Hall–Kier alpha value is -3.45. The topological polar surface area (TPSA) is 59.8 Å². The summed E-state index contributed by atoms with van der Waals surface area (Å²) >= 11 is 1.29. The molecular weight excluding hydrogens is 435 g/mol. The number of benzene rings is 3. The van der Waals surface area contributed by atoms with Crippen LogP contribution in [0.5, 0.6) is 0 Å². The van der Waals surface area contributed by atoms with Crippen LogP contribution in [0.2, 0.25) is 0 Å². The maximum atomic E-state index is 14.3. The van der Waals surface area contributed by atoms with Crippen molar-refractivity contribution in [1.82, 2.24) is 20.1 Å². The van der Waals surface area contributed by atoms with Crippen LogP contribution in [0, 0.1) is 5.82 Å². The normalized spacial score (nSPS) is 12.9. The lowest BCUT2D eigenvalue weighted by molar-refractivity contribution is -0.120. The number of fused-ring (bicyclic) bond motifs is 1. The molecule has 1 heterocycles. The lowest BCUT2D eigenvalue weighted by Gasteiger charge is -2.19. The second-order valence-corrected chi connectivity index (χ2v) is 9.05. The summed E-state index contributed by atoms with van der Waals surface area (Å²) in [6.45, 7) is 7.99. The molecule has 0 bridgehead atoms. The predicted molar refractivity (Wildman–Crippen MR) is 131 cm³/mol. The molecule has 4 rings (SSSR count). The number of hydrogen-bond acceptors (Lipinski definition) is 4. The molecule has 168 valence electrons. The summed E-state index contributed by atoms with van der Waals surface area (Å²) in [5.74, 6) is -0.0743. The van der Waals surface area contributed by atoms with Crippen molar-refractivity contribution >= 4 is 28.4 Å². The summed E-state index contributed by atoms with van der Waals surface area (Å²) in [5.41, 5.74) is 1.43. The number of halogens is 1. The Morgan fingerprint density at radius 2 is 1.82 bits per heavy atom. The first-order chi connectivity index (χ1) is 16.0. The molecule has 0 aliphatic rings. The van der Waals surface area contributed by atoms with E-state index in [0.29, 0.717) is 23.1 Å². The Labute approximate surface area is 196 Å². The SMILES string of the molecule is C=CCn1c(SC(C)C(=O)NC(C)c2cccc3ccccc23)nnc1-c1ccccc1F. The molecule has 0 aliphatic heterocycles. The standard InChI is InChI=1S/C26H25FN4OS/c1-4-16-31-24(22-13-7-8-15-23(22)27)29-30-26(31)33-18(3)25(32)28-17(2)20-14-9-11-19-10-5-6-12-21(19)20/h4-15,17-18H,1,16H2,2-3H3,(H,28,32). The molecule has 0 spiro atoms. The Balaban J connectivity index is 1.52. The molecule has 5 nitrogen and oxygen atoms in total. The average molecular weight is 461 g/mol. The van der Waals surface area contributed by atoms with Crippen LogP contribution in [0.3, 0.4) is 0 Å². The third kappa shape index (κ3) is 4.83. The van der Waals surface area contributed by atoms with Crippen molar-refractivity contribution < 1.29 is 9.18 Å². The lowest BCUT2D eigenvalue weighted by Crippen LogP contribution is -2.33. The van der Waals surface area contributed by atoms with Crippen molar-refractivity contribution in [3.05, 3.63) is 90.8 Å². The number of rotatable bonds is 8. The van der Waals surface area contributed by atoms with Gasteiger partial charge < -0.3 is 5.32 Å². The van der Waals surface area contributed by atoms with Crippen LogP contribution in [0.4, 0.5) is 4.39 Å². The van der Waals surface area contributed by atoms with Gasteiger partial charge in [0.05, 0.1) is 16.9 Å². The summed E-state index contributed by atoms with van der Waals surface area (Å²) in [6, 6.07) is 20.5. The van der Waals surface area contributed by atoms with Gasteiger partial charge in [-0.05, 0) is 42.3 Å². The maximum absolute atomic E-state index is 14.3. The molecule has 0 aliphatic carbocycles. The fourth-order valence-electron chi connectivity index (χ4n) is 3.76. The highest BCUT2D eigenvalue weighted by molar-refractivity contribution is 8.00. The number of carbonyl (C=O) groups is 1. The Bertz CT molecular complexity index is 1300. The first kappa shape index (κ1) is 22.7. The highest BCUT2D eigenvalue weighted by Crippen LogP contribution is 2.29. The summed E-state index contributed by atoms with van der Waals surface area (Å²) in [7, 11) is 0. The van der Waals surface area contributed by atoms with Crippen LogP contribution in [0.25, 0.3) is 22.2 Å². The van der Waals surface area contributed by atoms with Gasteiger partial charge in [0.2, 0.25) is 5.91 Å². The molecule has 33 heavy (non-hydrogen) atoms. The van der Waals surface area contributed by atoms with E-state index in [2.05, 4.69) is 40.3 Å². The zero-order chi connectivity index (χ0) is 23.4. The summed E-state index contributed by atoms with van der Waals surface area (Å²) in [4.78, 5) is 13.0. The van der Waals surface area contributed by atoms with E-state index in [4.69, 9.17) is 0 Å². The van der Waals surface area contributed by atoms with Gasteiger partial charge >= 0.3 is 0 Å². The van der Waals surface area contributed by atoms with Gasteiger partial charge in [-0.2, -0.15) is 0 Å². The number of nitrogens with one attached hydrogen (secondary N) is 1. The smallest absolute Gasteiger partial charge is 0.233 e. The van der Waals surface area contributed by atoms with Gasteiger partial charge in [-0.15, -0.1) is 16.8 Å². The number of amides is 1. The minimum Gasteiger partial charge on any atom is -0.349 e. The fraction of sp³-hybridized carbons (Fsp3) is 0.192. The average Bonchev–Trinajstić information content (AvgIpc) is 3.21. The van der Waals surface area contributed by atoms with Gasteiger partial charge in [0.15, 0.2) is 11.0 Å². The van der Waals surface area contributed by atoms with Crippen LogP contribution in [0.1, 0.15) is 25.5 Å². The highest BCUT2D eigenvalue weighted by atomic mass is 32.2. The van der Waals surface area contributed by atoms with E-state index in [-0.39, 0.29) is 17.8 Å². The van der Waals surface area contributed by atoms with Crippen LogP contribution in [-0.4, -0.2) is 25.9 Å². The Morgan fingerprint density at radius 1 is 1.09 bits per heavy atom. The van der Waals surface area contributed by atoms with Gasteiger partial charge in [0, 0.05) is 6.54 Å². The van der Waals surface area contributed by atoms with E-state index >= 15 is 0 Å². The van der Waals surface area contributed by atoms with Crippen molar-refractivity contribution in [2.75, 3.05) is 0 Å². The summed E-state index contributed by atoms with van der Waals surface area (Å²) in [6.07, 6.45) is 1.70. The third-order valence-electron chi connectivity index (χ3n) is 5.44. The monoisotopic (exact) mass is 460 g/mol. The molecule has 1 amide bonds. The zero-order valence-electron chi connectivity index (χ0n) is 18.5. The number of aromatic nitrogens is 3. The second kappa shape index (κ2) is 10.0. The van der Waals surface area contributed by atoms with Crippen LogP contribution >= 0.6 is 11.8 Å². The fourth-order valence-corrected chi connectivity index (χ4v) is 4.63. The van der Waals surface area contributed by atoms with Crippen molar-refractivity contribution in [2.45, 2.75) is 36.8 Å². The number of carbonyl (C=O) groups excluding carboxylic acids is 1. The molecule has 0 fully saturated rings. The van der Waals surface area contributed by atoms with E-state index in [1.807, 2.05) is 38.1 Å². The van der Waals surface area contributed by atoms with Gasteiger partial charge in [0.1, 0.15) is 5.82 Å². The minimum atomic E-state index is -0.427. The van der Waals surface area contributed by atoms with Crippen LogP contribution in [0.15, 0.2) is 84.5 Å². The quantitative estimate of drug-likeness (QED) is 0.267. The number of allylic oxidation sites excluding steroid dienone is 1. The van der Waals surface area contributed by atoms with Crippen LogP contribution < -0.4 is 5.32 Å². The van der Waals surface area contributed by atoms with Crippen molar-refractivity contribution in [1.29, 1.82) is 0 Å². The molecule has 0 saturated heterocycles. The molecule has 7 heteroatoms. The van der Waals surface area contributed by atoms with Crippen LogP contribution in [-0.2, 0) is 11.3 Å². The molecule has 1 aromatic heterocycles. The zero-order valence-corrected chi connectivity index (χ0v) is 19.3. The molecule has 4 aromatic rings. The Morgan fingerprint density at radius 3 is 2.61 bits per heavy atom. The van der Waals surface area contributed by atoms with E-state index in [9.17, 15) is 9.18 Å². The molecule has 0 saturated carbocycles. The van der Waals surface area contributed by atoms with Gasteiger partial charge in [-0.3, -0.25) is 9.36 Å². The molecular formula is C26H25FN4OS. The molecule has 2 unspecified atom stereocenters. The van der Waals surface area contributed by atoms with Gasteiger partial charge in [-0.1, -0.05) is 72.4 Å².